The van der Waals surface area contributed by atoms with Gasteiger partial charge in [-0.2, -0.15) is 5.26 Å². The zero-order valence-electron chi connectivity index (χ0n) is 21.3. The van der Waals surface area contributed by atoms with Crippen molar-refractivity contribution in [1.82, 2.24) is 19.4 Å². The second-order valence-corrected chi connectivity index (χ2v) is 10.0. The summed E-state index contributed by atoms with van der Waals surface area (Å²) in [5.41, 5.74) is 8.00. The van der Waals surface area contributed by atoms with Crippen LogP contribution in [0, 0.1) is 23.1 Å². The van der Waals surface area contributed by atoms with Crippen molar-refractivity contribution in [3.05, 3.63) is 78.5 Å². The van der Waals surface area contributed by atoms with Gasteiger partial charge in [-0.05, 0) is 55.9 Å². The first-order chi connectivity index (χ1) is 19.0. The fourth-order valence-corrected chi connectivity index (χ4v) is 5.18. The Kier molecular flexibility index (Phi) is 6.45. The van der Waals surface area contributed by atoms with Gasteiger partial charge in [-0.3, -0.25) is 4.79 Å². The summed E-state index contributed by atoms with van der Waals surface area (Å²) in [7, 11) is 0. The van der Waals surface area contributed by atoms with E-state index in [9.17, 15) is 10.1 Å². The molecule has 1 aliphatic carbocycles. The number of nitrogen functional groups attached to an aromatic ring is 1. The van der Waals surface area contributed by atoms with Crippen LogP contribution in [0.25, 0.3) is 22.2 Å². The minimum absolute atomic E-state index is 0.113. The number of anilines is 1. The van der Waals surface area contributed by atoms with Crippen LogP contribution >= 0.6 is 0 Å². The summed E-state index contributed by atoms with van der Waals surface area (Å²) in [6.07, 6.45) is 8.66. The van der Waals surface area contributed by atoms with Gasteiger partial charge < -0.3 is 19.9 Å². The molecule has 1 saturated heterocycles. The van der Waals surface area contributed by atoms with Crippen molar-refractivity contribution < 1.29 is 13.9 Å². The summed E-state index contributed by atoms with van der Waals surface area (Å²) in [5.74, 6) is 0.876. The Balaban J connectivity index is 1.33. The highest BCUT2D eigenvalue weighted by Crippen LogP contribution is 2.39. The molecule has 1 aliphatic heterocycles. The van der Waals surface area contributed by atoms with Crippen LogP contribution in [0.4, 0.5) is 10.2 Å². The fraction of sp³-hybridized carbons (Fsp3) is 0.267. The van der Waals surface area contributed by atoms with Gasteiger partial charge in [0.1, 0.15) is 46.8 Å². The van der Waals surface area contributed by atoms with Gasteiger partial charge in [0.25, 0.3) is 5.91 Å². The molecule has 2 fully saturated rings. The molecule has 1 amide bonds. The highest BCUT2D eigenvalue weighted by Gasteiger charge is 2.30. The Morgan fingerprint density at radius 2 is 1.92 bits per heavy atom. The number of fused-ring (bicyclic) bond motifs is 1. The average molecular weight is 523 g/mol. The Labute approximate surface area is 225 Å². The number of carbonyl (C=O) groups excluding carboxylic acids is 1. The third-order valence-electron chi connectivity index (χ3n) is 7.30. The number of halogens is 1. The molecular weight excluding hydrogens is 495 g/mol. The van der Waals surface area contributed by atoms with Crippen molar-refractivity contribution in [3.63, 3.8) is 0 Å². The summed E-state index contributed by atoms with van der Waals surface area (Å²) < 4.78 is 23.3. The van der Waals surface area contributed by atoms with Gasteiger partial charge in [-0.1, -0.05) is 24.3 Å². The lowest BCUT2D eigenvalue weighted by atomic mass is 10.0. The number of allylic oxidation sites excluding steroid dienone is 1. The summed E-state index contributed by atoms with van der Waals surface area (Å²) >= 11 is 0. The molecule has 6 rings (SSSR count). The molecule has 39 heavy (non-hydrogen) atoms. The molecule has 2 aromatic carbocycles. The van der Waals surface area contributed by atoms with Crippen LogP contribution < -0.4 is 10.5 Å². The lowest BCUT2D eigenvalue weighted by Crippen LogP contribution is -2.41. The Hall–Kier alpha value is -4.71. The van der Waals surface area contributed by atoms with Gasteiger partial charge in [0, 0.05) is 36.5 Å². The van der Waals surface area contributed by atoms with E-state index in [1.807, 2.05) is 29.0 Å². The minimum atomic E-state index is -0.463. The summed E-state index contributed by atoms with van der Waals surface area (Å²) in [6.45, 7) is 1.00. The topological polar surface area (TPSA) is 110 Å². The highest BCUT2D eigenvalue weighted by atomic mass is 19.1. The SMILES string of the molecule is N#CC(=CC1CC1)C(=O)N1CCC[C@@H](n2cc(-c3ccc(Oc4ccccc4)cc3F)c3c(N)ncnc32)C1. The van der Waals surface area contributed by atoms with Gasteiger partial charge in [0.2, 0.25) is 0 Å². The van der Waals surface area contributed by atoms with Gasteiger partial charge >= 0.3 is 0 Å². The van der Waals surface area contributed by atoms with Crippen LogP contribution in [0.15, 0.2) is 72.7 Å². The van der Waals surface area contributed by atoms with Crippen molar-refractivity contribution in [2.45, 2.75) is 31.7 Å². The van der Waals surface area contributed by atoms with Gasteiger partial charge in [0.05, 0.1) is 11.4 Å². The number of nitrogens with two attached hydrogens (primary N) is 1. The average Bonchev–Trinajstić information content (AvgIpc) is 3.70. The number of benzene rings is 2. The van der Waals surface area contributed by atoms with Crippen molar-refractivity contribution >= 4 is 22.8 Å². The van der Waals surface area contributed by atoms with E-state index in [1.165, 1.54) is 12.4 Å². The number of rotatable bonds is 6. The molecular formula is C30H27FN6O2. The standard InChI is InChI=1S/C30H27FN6O2/c31-26-14-23(39-22-6-2-1-3-7-22)10-11-24(26)25-17-37(29-27(25)28(33)34-18-35-29)21-5-4-12-36(16-21)30(38)20(15-32)13-19-8-9-19/h1-3,6-7,10-11,13-14,17-19,21H,4-5,8-9,12,16H2,(H2,33,34,35)/t21-/m1/s1. The number of para-hydroxylation sites is 1. The van der Waals surface area contributed by atoms with Crippen LogP contribution in [0.3, 0.4) is 0 Å². The molecule has 8 nitrogen and oxygen atoms in total. The number of aromatic nitrogens is 3. The Bertz CT molecular complexity index is 1620. The number of nitriles is 1. The fourth-order valence-electron chi connectivity index (χ4n) is 5.18. The first-order valence-electron chi connectivity index (χ1n) is 13.1. The zero-order chi connectivity index (χ0) is 26.9. The number of ether oxygens (including phenoxy) is 1. The van der Waals surface area contributed by atoms with Crippen molar-refractivity contribution in [1.29, 1.82) is 5.26 Å². The third kappa shape index (κ3) is 4.93. The quantitative estimate of drug-likeness (QED) is 0.259. The van der Waals surface area contributed by atoms with E-state index < -0.39 is 5.82 Å². The first-order valence-corrected chi connectivity index (χ1v) is 13.1. The monoisotopic (exact) mass is 522 g/mol. The molecule has 0 unspecified atom stereocenters. The van der Waals surface area contributed by atoms with Crippen LogP contribution in [0.5, 0.6) is 11.5 Å². The highest BCUT2D eigenvalue weighted by molar-refractivity contribution is 6.01. The number of likely N-dealkylation sites (tertiary alicyclic amines) is 1. The molecule has 3 heterocycles. The maximum atomic E-state index is 15.5. The minimum Gasteiger partial charge on any atom is -0.457 e. The molecule has 2 aromatic heterocycles. The van der Waals surface area contributed by atoms with E-state index in [1.54, 1.807) is 35.2 Å². The van der Waals surface area contributed by atoms with Gasteiger partial charge in [-0.15, -0.1) is 0 Å². The van der Waals surface area contributed by atoms with E-state index in [4.69, 9.17) is 10.5 Å². The maximum Gasteiger partial charge on any atom is 0.264 e. The molecule has 4 aromatic rings. The Morgan fingerprint density at radius 3 is 2.67 bits per heavy atom. The lowest BCUT2D eigenvalue weighted by Gasteiger charge is -2.33. The maximum absolute atomic E-state index is 15.5. The van der Waals surface area contributed by atoms with Crippen molar-refractivity contribution in [3.8, 4) is 28.7 Å². The van der Waals surface area contributed by atoms with E-state index >= 15 is 4.39 Å². The van der Waals surface area contributed by atoms with Crippen LogP contribution in [0.1, 0.15) is 31.7 Å². The van der Waals surface area contributed by atoms with Gasteiger partial charge in [0.15, 0.2) is 0 Å². The van der Waals surface area contributed by atoms with Crippen LogP contribution in [-0.4, -0.2) is 38.4 Å². The number of nitrogens with zero attached hydrogens (tertiary/aromatic N) is 5. The smallest absolute Gasteiger partial charge is 0.264 e. The number of amides is 1. The normalized spacial score (nSPS) is 17.7. The van der Waals surface area contributed by atoms with Crippen LogP contribution in [-0.2, 0) is 4.79 Å². The summed E-state index contributed by atoms with van der Waals surface area (Å²) in [5, 5.41) is 10.1. The molecule has 1 atom stereocenters. The lowest BCUT2D eigenvalue weighted by molar-refractivity contribution is -0.128. The number of carbonyl (C=O) groups is 1. The predicted molar refractivity (Wildman–Crippen MR) is 145 cm³/mol. The second kappa shape index (κ2) is 10.2. The third-order valence-corrected chi connectivity index (χ3v) is 7.30. The largest absolute Gasteiger partial charge is 0.457 e. The van der Waals surface area contributed by atoms with E-state index in [0.717, 1.165) is 25.7 Å². The van der Waals surface area contributed by atoms with Crippen molar-refractivity contribution in [2.75, 3.05) is 18.8 Å². The van der Waals surface area contributed by atoms with E-state index in [0.29, 0.717) is 52.7 Å². The molecule has 0 spiro atoms. The van der Waals surface area contributed by atoms with E-state index in [-0.39, 0.29) is 23.3 Å². The van der Waals surface area contributed by atoms with Crippen LogP contribution in [0.2, 0.25) is 0 Å². The van der Waals surface area contributed by atoms with Gasteiger partial charge in [-0.25, -0.2) is 14.4 Å². The predicted octanol–water partition coefficient (Wildman–Crippen LogP) is 5.64. The Morgan fingerprint density at radius 1 is 1.10 bits per heavy atom. The zero-order valence-corrected chi connectivity index (χ0v) is 21.3. The molecule has 9 heteroatoms. The first kappa shape index (κ1) is 24.6. The number of piperidine rings is 1. The van der Waals surface area contributed by atoms with Crippen molar-refractivity contribution in [2.24, 2.45) is 5.92 Å². The van der Waals surface area contributed by atoms with E-state index in [2.05, 4.69) is 16.0 Å². The molecule has 1 saturated carbocycles. The molecule has 2 aliphatic rings. The second-order valence-electron chi connectivity index (χ2n) is 10.0. The summed E-state index contributed by atoms with van der Waals surface area (Å²) in [6, 6.07) is 15.9. The molecule has 2 N–H and O–H groups in total. The summed E-state index contributed by atoms with van der Waals surface area (Å²) in [4.78, 5) is 23.5. The number of hydrogen-bond donors (Lipinski definition) is 1. The number of hydrogen-bond acceptors (Lipinski definition) is 6. The molecule has 0 bridgehead atoms. The molecule has 0 radical (unpaired) electrons. The molecule has 196 valence electrons.